The molecular weight excluding hydrogens is 328 g/mol. The lowest BCUT2D eigenvalue weighted by Gasteiger charge is -2.39. The van der Waals surface area contributed by atoms with Gasteiger partial charge in [0, 0.05) is 32.2 Å². The zero-order valence-electron chi connectivity index (χ0n) is 16.3. The monoisotopic (exact) mass is 356 g/mol. The first kappa shape index (κ1) is 17.0. The largest absolute Gasteiger partial charge is 0.314 e. The molecule has 138 valence electrons. The number of nitrogens with one attached hydrogen (secondary N) is 1. The number of hydrogen-bond acceptors (Lipinski definition) is 2. The molecule has 0 spiro atoms. The van der Waals surface area contributed by atoms with Crippen molar-refractivity contribution in [2.24, 2.45) is 5.92 Å². The Hall–Kier alpha value is -2.16. The Balaban J connectivity index is 1.78. The van der Waals surface area contributed by atoms with Crippen LogP contribution in [0.25, 0.3) is 32.3 Å². The predicted molar refractivity (Wildman–Crippen MR) is 117 cm³/mol. The molecule has 0 saturated carbocycles. The Morgan fingerprint density at radius 2 is 1.48 bits per heavy atom. The van der Waals surface area contributed by atoms with Crippen LogP contribution in [0.15, 0.2) is 54.6 Å². The molecule has 1 aliphatic heterocycles. The molecule has 0 bridgehead atoms. The van der Waals surface area contributed by atoms with Crippen LogP contribution in [0.2, 0.25) is 0 Å². The highest BCUT2D eigenvalue weighted by Gasteiger charge is 2.28. The summed E-state index contributed by atoms with van der Waals surface area (Å²) in [5, 5.41) is 11.9. The molecule has 0 amide bonds. The second-order valence-corrected chi connectivity index (χ2v) is 8.13. The smallest absolute Gasteiger partial charge is 0.0380 e. The summed E-state index contributed by atoms with van der Waals surface area (Å²) >= 11 is 0. The molecule has 1 saturated heterocycles. The second kappa shape index (κ2) is 6.78. The van der Waals surface area contributed by atoms with Gasteiger partial charge in [-0.1, -0.05) is 74.9 Å². The minimum atomic E-state index is 0.488. The maximum Gasteiger partial charge on any atom is 0.0380 e. The van der Waals surface area contributed by atoms with Gasteiger partial charge in [-0.3, -0.25) is 4.90 Å². The van der Waals surface area contributed by atoms with Gasteiger partial charge in [0.15, 0.2) is 0 Å². The minimum Gasteiger partial charge on any atom is -0.314 e. The number of benzene rings is 4. The van der Waals surface area contributed by atoms with Crippen molar-refractivity contribution in [2.75, 3.05) is 26.2 Å². The summed E-state index contributed by atoms with van der Waals surface area (Å²) in [5.41, 5.74) is 1.51. The van der Waals surface area contributed by atoms with Crippen molar-refractivity contribution in [1.29, 1.82) is 0 Å². The summed E-state index contributed by atoms with van der Waals surface area (Å²) in [4.78, 5) is 2.71. The minimum absolute atomic E-state index is 0.488. The SMILES string of the molecule is CCC(C)[C@@H](c1ccc2ccc3cccc4ccc1c2c34)N1CCNCC1. The van der Waals surface area contributed by atoms with Crippen LogP contribution in [0.5, 0.6) is 0 Å². The van der Waals surface area contributed by atoms with Crippen molar-refractivity contribution in [3.8, 4) is 0 Å². The summed E-state index contributed by atoms with van der Waals surface area (Å²) in [5.74, 6) is 0.640. The van der Waals surface area contributed by atoms with Crippen molar-refractivity contribution in [1.82, 2.24) is 10.2 Å². The van der Waals surface area contributed by atoms with Crippen LogP contribution in [-0.4, -0.2) is 31.1 Å². The quantitative estimate of drug-likeness (QED) is 0.480. The third-order valence-electron chi connectivity index (χ3n) is 6.61. The van der Waals surface area contributed by atoms with E-state index in [1.54, 1.807) is 0 Å². The van der Waals surface area contributed by atoms with Crippen LogP contribution in [0.3, 0.4) is 0 Å². The van der Waals surface area contributed by atoms with Crippen molar-refractivity contribution in [3.05, 3.63) is 60.2 Å². The van der Waals surface area contributed by atoms with Crippen LogP contribution < -0.4 is 5.32 Å². The Bertz CT molecular complexity index is 1060. The molecule has 0 aliphatic carbocycles. The fourth-order valence-electron chi connectivity index (χ4n) is 5.06. The zero-order valence-corrected chi connectivity index (χ0v) is 16.3. The third-order valence-corrected chi connectivity index (χ3v) is 6.61. The van der Waals surface area contributed by atoms with Gasteiger partial charge in [0.2, 0.25) is 0 Å². The number of piperazine rings is 1. The van der Waals surface area contributed by atoms with E-state index in [4.69, 9.17) is 0 Å². The van der Waals surface area contributed by atoms with Gasteiger partial charge in [-0.25, -0.2) is 0 Å². The maximum atomic E-state index is 3.51. The van der Waals surface area contributed by atoms with Gasteiger partial charge in [-0.15, -0.1) is 0 Å². The molecule has 1 heterocycles. The van der Waals surface area contributed by atoms with Gasteiger partial charge in [0.1, 0.15) is 0 Å². The summed E-state index contributed by atoms with van der Waals surface area (Å²) in [6, 6.07) is 21.2. The molecule has 0 aromatic heterocycles. The summed E-state index contributed by atoms with van der Waals surface area (Å²) in [6.07, 6.45) is 1.20. The van der Waals surface area contributed by atoms with Crippen LogP contribution in [0.4, 0.5) is 0 Å². The van der Waals surface area contributed by atoms with E-state index >= 15 is 0 Å². The Labute approximate surface area is 161 Å². The normalized spacial score (nSPS) is 18.4. The summed E-state index contributed by atoms with van der Waals surface area (Å²) in [7, 11) is 0. The number of rotatable bonds is 4. The first-order chi connectivity index (χ1) is 13.3. The summed E-state index contributed by atoms with van der Waals surface area (Å²) < 4.78 is 0. The van der Waals surface area contributed by atoms with Crippen LogP contribution >= 0.6 is 0 Å². The van der Waals surface area contributed by atoms with E-state index in [1.807, 2.05) is 0 Å². The second-order valence-electron chi connectivity index (χ2n) is 8.13. The topological polar surface area (TPSA) is 15.3 Å². The van der Waals surface area contributed by atoms with Crippen LogP contribution in [0.1, 0.15) is 31.9 Å². The molecule has 1 N–H and O–H groups in total. The summed E-state index contributed by atoms with van der Waals surface area (Å²) in [6.45, 7) is 9.21. The lowest BCUT2D eigenvalue weighted by atomic mass is 9.84. The van der Waals surface area contributed by atoms with Crippen LogP contribution in [0, 0.1) is 5.92 Å². The average Bonchev–Trinajstić information content (AvgIpc) is 2.73. The third kappa shape index (κ3) is 2.70. The van der Waals surface area contributed by atoms with Crippen molar-refractivity contribution < 1.29 is 0 Å². The highest BCUT2D eigenvalue weighted by Crippen LogP contribution is 2.41. The standard InChI is InChI=1S/C25H28N2/c1-3-17(2)25(27-15-13-26-14-16-27)22-12-10-20-8-7-18-5-4-6-19-9-11-21(22)24(20)23(18)19/h4-12,17,25-26H,3,13-16H2,1-2H3/t17?,25-/m0/s1. The van der Waals surface area contributed by atoms with Gasteiger partial charge in [-0.2, -0.15) is 0 Å². The molecular formula is C25H28N2. The van der Waals surface area contributed by atoms with Gasteiger partial charge in [0.05, 0.1) is 0 Å². The Kier molecular flexibility index (Phi) is 4.26. The van der Waals surface area contributed by atoms with Gasteiger partial charge >= 0.3 is 0 Å². The van der Waals surface area contributed by atoms with Gasteiger partial charge in [-0.05, 0) is 43.8 Å². The van der Waals surface area contributed by atoms with E-state index in [2.05, 4.69) is 78.7 Å². The van der Waals surface area contributed by atoms with Crippen molar-refractivity contribution in [2.45, 2.75) is 26.3 Å². The number of nitrogens with zero attached hydrogens (tertiary/aromatic N) is 1. The molecule has 1 unspecified atom stereocenters. The lowest BCUT2D eigenvalue weighted by Crippen LogP contribution is -2.46. The molecule has 2 atom stereocenters. The lowest BCUT2D eigenvalue weighted by molar-refractivity contribution is 0.129. The Morgan fingerprint density at radius 3 is 2.19 bits per heavy atom. The van der Waals surface area contributed by atoms with Crippen molar-refractivity contribution >= 4 is 32.3 Å². The van der Waals surface area contributed by atoms with Gasteiger partial charge < -0.3 is 5.32 Å². The maximum absolute atomic E-state index is 3.51. The molecule has 27 heavy (non-hydrogen) atoms. The van der Waals surface area contributed by atoms with E-state index in [0.717, 1.165) is 26.2 Å². The van der Waals surface area contributed by atoms with Gasteiger partial charge in [0.25, 0.3) is 0 Å². The zero-order chi connectivity index (χ0) is 18.4. The van der Waals surface area contributed by atoms with Crippen LogP contribution in [-0.2, 0) is 0 Å². The highest BCUT2D eigenvalue weighted by atomic mass is 15.2. The Morgan fingerprint density at radius 1 is 0.852 bits per heavy atom. The van der Waals surface area contributed by atoms with E-state index < -0.39 is 0 Å². The molecule has 5 rings (SSSR count). The first-order valence-corrected chi connectivity index (χ1v) is 10.4. The molecule has 2 nitrogen and oxygen atoms in total. The molecule has 4 aromatic carbocycles. The first-order valence-electron chi connectivity index (χ1n) is 10.4. The van der Waals surface area contributed by atoms with E-state index in [1.165, 1.54) is 44.3 Å². The highest BCUT2D eigenvalue weighted by molar-refractivity contribution is 6.23. The number of hydrogen-bond donors (Lipinski definition) is 1. The average molecular weight is 357 g/mol. The molecule has 0 radical (unpaired) electrons. The fourth-order valence-corrected chi connectivity index (χ4v) is 5.06. The van der Waals surface area contributed by atoms with E-state index in [9.17, 15) is 0 Å². The molecule has 2 heteroatoms. The predicted octanol–water partition coefficient (Wildman–Crippen LogP) is 5.58. The molecule has 4 aromatic rings. The fraction of sp³-hybridized carbons (Fsp3) is 0.360. The molecule has 1 fully saturated rings. The van der Waals surface area contributed by atoms with E-state index in [0.29, 0.717) is 12.0 Å². The van der Waals surface area contributed by atoms with Crippen molar-refractivity contribution in [3.63, 3.8) is 0 Å². The molecule has 1 aliphatic rings. The van der Waals surface area contributed by atoms with E-state index in [-0.39, 0.29) is 0 Å².